The minimum Gasteiger partial charge on any atom is -0.326 e. The molecule has 0 aliphatic heterocycles. The van der Waals surface area contributed by atoms with Crippen molar-refractivity contribution in [2.24, 2.45) is 5.73 Å². The van der Waals surface area contributed by atoms with Crippen LogP contribution in [0, 0.1) is 0 Å². The molecule has 2 N–H and O–H groups in total. The molecule has 0 aliphatic rings. The summed E-state index contributed by atoms with van der Waals surface area (Å²) in [6, 6.07) is 1.91. The van der Waals surface area contributed by atoms with Gasteiger partial charge in [-0.25, -0.2) is 8.42 Å². The normalized spacial score (nSPS) is 15.7. The zero-order valence-corrected chi connectivity index (χ0v) is 13.0. The van der Waals surface area contributed by atoms with E-state index in [0.717, 1.165) is 18.5 Å². The van der Waals surface area contributed by atoms with Crippen molar-refractivity contribution >= 4 is 9.84 Å². The van der Waals surface area contributed by atoms with Gasteiger partial charge in [0.1, 0.15) is 0 Å². The Kier molecular flexibility index (Phi) is 5.55. The molecule has 0 saturated heterocycles. The fourth-order valence-corrected chi connectivity index (χ4v) is 2.81. The van der Waals surface area contributed by atoms with Crippen LogP contribution in [0.4, 0.5) is 0 Å². The Morgan fingerprint density at radius 3 is 2.42 bits per heavy atom. The summed E-state index contributed by atoms with van der Waals surface area (Å²) in [6.45, 7) is 5.91. The van der Waals surface area contributed by atoms with E-state index < -0.39 is 21.1 Å². The number of aromatic nitrogens is 2. The average Bonchev–Trinajstić information content (AvgIpc) is 2.77. The lowest BCUT2D eigenvalue weighted by atomic mass is 10.1. The number of rotatable bonds is 7. The highest BCUT2D eigenvalue weighted by molar-refractivity contribution is 7.91. The summed E-state index contributed by atoms with van der Waals surface area (Å²) >= 11 is 0. The van der Waals surface area contributed by atoms with Crippen molar-refractivity contribution in [1.82, 2.24) is 9.78 Å². The molecule has 1 heterocycles. The first-order valence-corrected chi connectivity index (χ1v) is 8.73. The first-order valence-electron chi connectivity index (χ1n) is 6.78. The molecule has 1 aromatic heterocycles. The number of nitrogens with two attached hydrogens (primary N) is 1. The van der Waals surface area contributed by atoms with Crippen molar-refractivity contribution in [3.8, 4) is 0 Å². The van der Waals surface area contributed by atoms with Crippen molar-refractivity contribution in [2.45, 2.75) is 57.4 Å². The Balaban J connectivity index is 2.73. The second-order valence-electron chi connectivity index (χ2n) is 5.16. The van der Waals surface area contributed by atoms with Crippen LogP contribution in [0.3, 0.4) is 0 Å². The molecule has 0 radical (unpaired) electrons. The summed E-state index contributed by atoms with van der Waals surface area (Å²) in [5.74, 6) is 0. The molecule has 2 atom stereocenters. The van der Waals surface area contributed by atoms with Crippen LogP contribution in [0.1, 0.15) is 45.3 Å². The standard InChI is InChI=1S/C13H25N3O2S/c1-5-12(6-2)16-8-7-11(15-16)9-13(14)10(3)19(4,17)18/h7-8,10,12-13H,5-6,9,14H2,1-4H3. The Morgan fingerprint density at radius 2 is 1.95 bits per heavy atom. The van der Waals surface area contributed by atoms with Crippen molar-refractivity contribution in [2.75, 3.05) is 6.26 Å². The van der Waals surface area contributed by atoms with E-state index in [0.29, 0.717) is 12.5 Å². The zero-order chi connectivity index (χ0) is 14.6. The molecule has 0 fully saturated rings. The second-order valence-corrected chi connectivity index (χ2v) is 7.56. The summed E-state index contributed by atoms with van der Waals surface area (Å²) in [7, 11) is -3.10. The van der Waals surface area contributed by atoms with E-state index in [1.807, 2.05) is 16.9 Å². The SMILES string of the molecule is CCC(CC)n1ccc(CC(N)C(C)S(C)(=O)=O)n1. The molecule has 0 amide bonds. The summed E-state index contributed by atoms with van der Waals surface area (Å²) in [5, 5.41) is 3.95. The predicted molar refractivity (Wildman–Crippen MR) is 77.8 cm³/mol. The average molecular weight is 287 g/mol. The third-order valence-corrected chi connectivity index (χ3v) is 5.40. The third kappa shape index (κ3) is 4.31. The molecule has 6 heteroatoms. The lowest BCUT2D eigenvalue weighted by Gasteiger charge is -2.17. The van der Waals surface area contributed by atoms with Gasteiger partial charge < -0.3 is 5.73 Å². The van der Waals surface area contributed by atoms with Crippen molar-refractivity contribution < 1.29 is 8.42 Å². The van der Waals surface area contributed by atoms with E-state index in [1.54, 1.807) is 6.92 Å². The monoisotopic (exact) mass is 287 g/mol. The first-order chi connectivity index (χ1) is 8.79. The maximum Gasteiger partial charge on any atom is 0.151 e. The van der Waals surface area contributed by atoms with E-state index in [-0.39, 0.29) is 0 Å². The highest BCUT2D eigenvalue weighted by Crippen LogP contribution is 2.15. The van der Waals surface area contributed by atoms with Crippen LogP contribution in [0.15, 0.2) is 12.3 Å². The van der Waals surface area contributed by atoms with Gasteiger partial charge in [-0.3, -0.25) is 4.68 Å². The summed E-state index contributed by atoms with van der Waals surface area (Å²) < 4.78 is 24.9. The van der Waals surface area contributed by atoms with E-state index >= 15 is 0 Å². The molecule has 0 saturated carbocycles. The Hall–Kier alpha value is -0.880. The van der Waals surface area contributed by atoms with E-state index in [9.17, 15) is 8.42 Å². The summed E-state index contributed by atoms with van der Waals surface area (Å²) in [5.41, 5.74) is 6.81. The van der Waals surface area contributed by atoms with Crippen molar-refractivity contribution in [1.29, 1.82) is 0 Å². The van der Waals surface area contributed by atoms with Crippen molar-refractivity contribution in [3.05, 3.63) is 18.0 Å². The number of sulfone groups is 1. The maximum absolute atomic E-state index is 11.5. The highest BCUT2D eigenvalue weighted by atomic mass is 32.2. The van der Waals surface area contributed by atoms with Crippen LogP contribution in [-0.4, -0.2) is 35.7 Å². The summed E-state index contributed by atoms with van der Waals surface area (Å²) in [6.07, 6.45) is 5.72. The van der Waals surface area contributed by atoms with Gasteiger partial charge in [0.05, 0.1) is 17.0 Å². The second kappa shape index (κ2) is 6.52. The van der Waals surface area contributed by atoms with E-state index in [4.69, 9.17) is 5.73 Å². The number of hydrogen-bond acceptors (Lipinski definition) is 4. The lowest BCUT2D eigenvalue weighted by molar-refractivity contribution is 0.424. The minimum absolute atomic E-state index is 0.400. The smallest absolute Gasteiger partial charge is 0.151 e. The fraction of sp³-hybridized carbons (Fsp3) is 0.769. The number of nitrogens with zero attached hydrogens (tertiary/aromatic N) is 2. The largest absolute Gasteiger partial charge is 0.326 e. The van der Waals surface area contributed by atoms with E-state index in [2.05, 4.69) is 18.9 Å². The molecule has 110 valence electrons. The molecule has 0 spiro atoms. The van der Waals surface area contributed by atoms with Crippen LogP contribution in [0.5, 0.6) is 0 Å². The van der Waals surface area contributed by atoms with Gasteiger partial charge in [0.15, 0.2) is 9.84 Å². The van der Waals surface area contributed by atoms with Gasteiger partial charge in [-0.1, -0.05) is 13.8 Å². The molecular formula is C13H25N3O2S. The maximum atomic E-state index is 11.5. The number of hydrogen-bond donors (Lipinski definition) is 1. The fourth-order valence-electron chi connectivity index (χ4n) is 2.08. The topological polar surface area (TPSA) is 78.0 Å². The molecule has 19 heavy (non-hydrogen) atoms. The first kappa shape index (κ1) is 16.2. The lowest BCUT2D eigenvalue weighted by Crippen LogP contribution is -2.39. The highest BCUT2D eigenvalue weighted by Gasteiger charge is 2.23. The van der Waals surface area contributed by atoms with Crippen LogP contribution in [0.25, 0.3) is 0 Å². The summed E-state index contributed by atoms with van der Waals surface area (Å²) in [4.78, 5) is 0. The molecule has 2 unspecified atom stereocenters. The molecule has 0 aromatic carbocycles. The van der Waals surface area contributed by atoms with Gasteiger partial charge in [-0.2, -0.15) is 5.10 Å². The quantitative estimate of drug-likeness (QED) is 0.825. The Labute approximate surface area is 116 Å². The van der Waals surface area contributed by atoms with Gasteiger partial charge in [0.2, 0.25) is 0 Å². The molecular weight excluding hydrogens is 262 g/mol. The molecule has 1 rings (SSSR count). The van der Waals surface area contributed by atoms with Crippen LogP contribution in [-0.2, 0) is 16.3 Å². The Morgan fingerprint density at radius 1 is 1.37 bits per heavy atom. The molecule has 1 aromatic rings. The van der Waals surface area contributed by atoms with Gasteiger partial charge in [0, 0.05) is 24.9 Å². The van der Waals surface area contributed by atoms with Crippen molar-refractivity contribution in [3.63, 3.8) is 0 Å². The van der Waals surface area contributed by atoms with Crippen LogP contribution < -0.4 is 5.73 Å². The molecule has 5 nitrogen and oxygen atoms in total. The van der Waals surface area contributed by atoms with Gasteiger partial charge >= 0.3 is 0 Å². The predicted octanol–water partition coefficient (Wildman–Crippen LogP) is 1.55. The minimum atomic E-state index is -3.10. The van der Waals surface area contributed by atoms with Gasteiger partial charge in [-0.15, -0.1) is 0 Å². The van der Waals surface area contributed by atoms with Crippen LogP contribution >= 0.6 is 0 Å². The van der Waals surface area contributed by atoms with E-state index in [1.165, 1.54) is 6.26 Å². The third-order valence-electron chi connectivity index (χ3n) is 3.70. The van der Waals surface area contributed by atoms with Gasteiger partial charge in [-0.05, 0) is 25.8 Å². The molecule has 0 aliphatic carbocycles. The zero-order valence-electron chi connectivity index (χ0n) is 12.2. The van der Waals surface area contributed by atoms with Gasteiger partial charge in [0.25, 0.3) is 0 Å². The molecule has 0 bridgehead atoms. The van der Waals surface area contributed by atoms with Crippen LogP contribution in [0.2, 0.25) is 0 Å². The Bertz CT molecular complexity index is 492.